The van der Waals surface area contributed by atoms with E-state index < -0.39 is 10.1 Å². The molecule has 0 aliphatic carbocycles. The van der Waals surface area contributed by atoms with E-state index in [1.54, 1.807) is 23.3 Å². The van der Waals surface area contributed by atoms with Gasteiger partial charge in [-0.1, -0.05) is 19.9 Å². The summed E-state index contributed by atoms with van der Waals surface area (Å²) in [5, 5.41) is 0. The van der Waals surface area contributed by atoms with Gasteiger partial charge in [0.25, 0.3) is 0 Å². The van der Waals surface area contributed by atoms with Crippen LogP contribution < -0.4 is 9.08 Å². The Bertz CT molecular complexity index is 919. The van der Waals surface area contributed by atoms with Crippen LogP contribution in [0.3, 0.4) is 0 Å². The van der Waals surface area contributed by atoms with E-state index in [2.05, 4.69) is 4.90 Å². The molecule has 0 bridgehead atoms. The van der Waals surface area contributed by atoms with Crippen LogP contribution in [0.2, 0.25) is 0 Å². The fraction of sp³-hybridized carbons (Fsp3) is 0.500. The SMILES string of the molecule is CCN(CC)c1ccc(CN(Cc2ccco2)C(=O)CC(C)C)c(OS(C)(=O)=O)c1. The van der Waals surface area contributed by atoms with Crippen LogP contribution in [-0.2, 0) is 28.0 Å². The summed E-state index contributed by atoms with van der Waals surface area (Å²) in [7, 11) is -3.72. The zero-order valence-corrected chi connectivity index (χ0v) is 19.2. The molecule has 0 saturated carbocycles. The van der Waals surface area contributed by atoms with Crippen molar-refractivity contribution in [3.63, 3.8) is 0 Å². The van der Waals surface area contributed by atoms with E-state index in [-0.39, 0.29) is 24.1 Å². The lowest BCUT2D eigenvalue weighted by Gasteiger charge is -2.26. The zero-order chi connectivity index (χ0) is 22.3. The van der Waals surface area contributed by atoms with E-state index in [0.717, 1.165) is 25.0 Å². The van der Waals surface area contributed by atoms with Gasteiger partial charge in [-0.15, -0.1) is 0 Å². The Morgan fingerprint density at radius 3 is 2.37 bits per heavy atom. The van der Waals surface area contributed by atoms with Crippen molar-refractivity contribution in [1.82, 2.24) is 4.90 Å². The summed E-state index contributed by atoms with van der Waals surface area (Å²) < 4.78 is 34.4. The number of furan rings is 1. The quantitative estimate of drug-likeness (QED) is 0.495. The first-order valence-electron chi connectivity index (χ1n) is 10.2. The topological polar surface area (TPSA) is 80.1 Å². The molecule has 2 aromatic rings. The largest absolute Gasteiger partial charge is 0.467 e. The van der Waals surface area contributed by atoms with Gasteiger partial charge in [-0.25, -0.2) is 0 Å². The van der Waals surface area contributed by atoms with Gasteiger partial charge in [0.05, 0.1) is 19.1 Å². The van der Waals surface area contributed by atoms with Crippen LogP contribution in [0, 0.1) is 5.92 Å². The van der Waals surface area contributed by atoms with Crippen molar-refractivity contribution in [3.05, 3.63) is 47.9 Å². The summed E-state index contributed by atoms with van der Waals surface area (Å²) in [5.41, 5.74) is 1.49. The molecule has 0 spiro atoms. The Labute approximate surface area is 179 Å². The molecule has 0 aliphatic rings. The molecule has 1 aromatic heterocycles. The van der Waals surface area contributed by atoms with Crippen LogP contribution in [-0.4, -0.2) is 38.6 Å². The van der Waals surface area contributed by atoms with E-state index in [0.29, 0.717) is 24.3 Å². The average molecular weight is 437 g/mol. The lowest BCUT2D eigenvalue weighted by molar-refractivity contribution is -0.133. The number of rotatable bonds is 11. The van der Waals surface area contributed by atoms with Crippen molar-refractivity contribution < 1.29 is 21.8 Å². The Hall–Kier alpha value is -2.48. The fourth-order valence-corrected chi connectivity index (χ4v) is 3.69. The van der Waals surface area contributed by atoms with Gasteiger partial charge in [0.1, 0.15) is 11.5 Å². The summed E-state index contributed by atoms with van der Waals surface area (Å²) in [6.45, 7) is 10.1. The smallest absolute Gasteiger partial charge is 0.306 e. The van der Waals surface area contributed by atoms with Crippen molar-refractivity contribution >= 4 is 21.7 Å². The number of amides is 1. The molecule has 0 aliphatic heterocycles. The monoisotopic (exact) mass is 436 g/mol. The Morgan fingerprint density at radius 1 is 1.13 bits per heavy atom. The molecule has 0 radical (unpaired) electrons. The van der Waals surface area contributed by atoms with E-state index in [1.165, 1.54) is 0 Å². The summed E-state index contributed by atoms with van der Waals surface area (Å²) in [5.74, 6) is 1.08. The van der Waals surface area contributed by atoms with E-state index in [9.17, 15) is 13.2 Å². The lowest BCUT2D eigenvalue weighted by atomic mass is 10.1. The molecule has 0 saturated heterocycles. The van der Waals surface area contributed by atoms with Crippen LogP contribution in [0.4, 0.5) is 5.69 Å². The van der Waals surface area contributed by atoms with Gasteiger partial charge in [0.15, 0.2) is 0 Å². The second-order valence-corrected chi connectivity index (χ2v) is 9.25. The minimum absolute atomic E-state index is 0.0282. The van der Waals surface area contributed by atoms with Crippen LogP contribution in [0.25, 0.3) is 0 Å². The van der Waals surface area contributed by atoms with E-state index >= 15 is 0 Å². The summed E-state index contributed by atoms with van der Waals surface area (Å²) in [6, 6.07) is 9.06. The van der Waals surface area contributed by atoms with Crippen LogP contribution >= 0.6 is 0 Å². The van der Waals surface area contributed by atoms with Crippen LogP contribution in [0.1, 0.15) is 45.4 Å². The molecule has 0 unspecified atom stereocenters. The number of anilines is 1. The minimum atomic E-state index is -3.72. The summed E-state index contributed by atoms with van der Waals surface area (Å²) in [4.78, 5) is 16.6. The molecule has 0 N–H and O–H groups in total. The Morgan fingerprint density at radius 2 is 1.83 bits per heavy atom. The zero-order valence-electron chi connectivity index (χ0n) is 18.4. The highest BCUT2D eigenvalue weighted by Gasteiger charge is 2.21. The van der Waals surface area contributed by atoms with E-state index in [4.69, 9.17) is 8.60 Å². The molecule has 8 heteroatoms. The highest BCUT2D eigenvalue weighted by atomic mass is 32.2. The predicted molar refractivity (Wildman–Crippen MR) is 118 cm³/mol. The third-order valence-electron chi connectivity index (χ3n) is 4.64. The molecule has 2 rings (SSSR count). The number of hydrogen-bond acceptors (Lipinski definition) is 6. The minimum Gasteiger partial charge on any atom is -0.467 e. The molecular weight excluding hydrogens is 404 g/mol. The van der Waals surface area contributed by atoms with Gasteiger partial charge >= 0.3 is 10.1 Å². The first kappa shape index (κ1) is 23.8. The number of carbonyl (C=O) groups excluding carboxylic acids is 1. The van der Waals surface area contributed by atoms with Crippen LogP contribution in [0.15, 0.2) is 41.0 Å². The first-order valence-corrected chi connectivity index (χ1v) is 12.0. The van der Waals surface area contributed by atoms with Crippen molar-refractivity contribution in [2.24, 2.45) is 5.92 Å². The molecule has 1 aromatic carbocycles. The molecule has 166 valence electrons. The van der Waals surface area contributed by atoms with Crippen molar-refractivity contribution in [2.45, 2.75) is 47.2 Å². The molecular formula is C22H32N2O5S. The lowest BCUT2D eigenvalue weighted by Crippen LogP contribution is -2.31. The standard InChI is InChI=1S/C22H32N2O5S/c1-6-23(7-2)19-11-10-18(21(14-19)29-30(5,26)27)15-24(22(25)13-17(3)4)16-20-9-8-12-28-20/h8-12,14,17H,6-7,13,15-16H2,1-5H3. The summed E-state index contributed by atoms with van der Waals surface area (Å²) >= 11 is 0. The molecule has 0 atom stereocenters. The molecule has 7 nitrogen and oxygen atoms in total. The van der Waals surface area contributed by atoms with Crippen LogP contribution in [0.5, 0.6) is 5.75 Å². The molecule has 30 heavy (non-hydrogen) atoms. The normalized spacial score (nSPS) is 11.5. The third kappa shape index (κ3) is 7.09. The molecule has 1 heterocycles. The third-order valence-corrected chi connectivity index (χ3v) is 5.13. The maximum atomic E-state index is 12.9. The maximum Gasteiger partial charge on any atom is 0.306 e. The second kappa shape index (κ2) is 10.5. The van der Waals surface area contributed by atoms with Gasteiger partial charge in [-0.3, -0.25) is 4.79 Å². The van der Waals surface area contributed by atoms with Gasteiger partial charge in [0, 0.05) is 43.4 Å². The average Bonchev–Trinajstić information content (AvgIpc) is 3.15. The van der Waals surface area contributed by atoms with Gasteiger partial charge in [-0.2, -0.15) is 8.42 Å². The van der Waals surface area contributed by atoms with E-state index in [1.807, 2.05) is 45.9 Å². The molecule has 1 amide bonds. The fourth-order valence-electron chi connectivity index (χ4n) is 3.21. The van der Waals surface area contributed by atoms with Gasteiger partial charge in [-0.05, 0) is 38.0 Å². The highest BCUT2D eigenvalue weighted by Crippen LogP contribution is 2.29. The van der Waals surface area contributed by atoms with Crippen molar-refractivity contribution in [3.8, 4) is 5.75 Å². The first-order chi connectivity index (χ1) is 14.1. The number of hydrogen-bond donors (Lipinski definition) is 0. The van der Waals surface area contributed by atoms with Crippen molar-refractivity contribution in [1.29, 1.82) is 0 Å². The Balaban J connectivity index is 2.39. The van der Waals surface area contributed by atoms with Gasteiger partial charge in [0.2, 0.25) is 5.91 Å². The second-order valence-electron chi connectivity index (χ2n) is 7.68. The van der Waals surface area contributed by atoms with Gasteiger partial charge < -0.3 is 18.4 Å². The predicted octanol–water partition coefficient (Wildman–Crippen LogP) is 4.04. The van der Waals surface area contributed by atoms with Crippen molar-refractivity contribution in [2.75, 3.05) is 24.2 Å². The maximum absolute atomic E-state index is 12.9. The number of benzene rings is 1. The number of nitrogens with zero attached hydrogens (tertiary/aromatic N) is 2. The number of carbonyl (C=O) groups is 1. The Kier molecular flexibility index (Phi) is 8.34. The summed E-state index contributed by atoms with van der Waals surface area (Å²) in [6.07, 6.45) is 2.98. The highest BCUT2D eigenvalue weighted by molar-refractivity contribution is 7.86. The molecule has 0 fully saturated rings.